The molecule has 3 N–H and O–H groups in total. The second-order valence-electron chi connectivity index (χ2n) is 3.90. The first-order valence-corrected chi connectivity index (χ1v) is 5.28. The highest BCUT2D eigenvalue weighted by atomic mass is 16.5. The number of hydrogen-bond acceptors (Lipinski definition) is 5. The molecular weight excluding hydrogens is 204 g/mol. The Kier molecular flexibility index (Phi) is 5.18. The summed E-state index contributed by atoms with van der Waals surface area (Å²) in [6.45, 7) is 3.61. The molecule has 0 radical (unpaired) electrons. The van der Waals surface area contributed by atoms with E-state index < -0.39 is 0 Å². The highest BCUT2D eigenvalue weighted by Crippen LogP contribution is 2.09. The minimum Gasteiger partial charge on any atom is -0.383 e. The Morgan fingerprint density at radius 3 is 3.00 bits per heavy atom. The highest BCUT2D eigenvalue weighted by molar-refractivity contribution is 5.41. The van der Waals surface area contributed by atoms with Gasteiger partial charge >= 0.3 is 0 Å². The van der Waals surface area contributed by atoms with E-state index >= 15 is 0 Å². The predicted octanol–water partition coefficient (Wildman–Crippen LogP) is 0.834. The summed E-state index contributed by atoms with van der Waals surface area (Å²) >= 11 is 0. The second kappa shape index (κ2) is 6.42. The number of hydrazine groups is 1. The minimum atomic E-state index is 0.362. The Morgan fingerprint density at radius 1 is 1.62 bits per heavy atom. The van der Waals surface area contributed by atoms with Crippen LogP contribution in [0, 0.1) is 0 Å². The van der Waals surface area contributed by atoms with E-state index in [4.69, 9.17) is 10.6 Å². The molecule has 0 aliphatic heterocycles. The van der Waals surface area contributed by atoms with Gasteiger partial charge in [-0.3, -0.25) is 15.7 Å². The van der Waals surface area contributed by atoms with Gasteiger partial charge in [0, 0.05) is 25.9 Å². The lowest BCUT2D eigenvalue weighted by Gasteiger charge is -2.23. The fourth-order valence-electron chi connectivity index (χ4n) is 1.43. The van der Waals surface area contributed by atoms with E-state index in [1.165, 1.54) is 0 Å². The maximum Gasteiger partial charge on any atom is 0.0615 e. The summed E-state index contributed by atoms with van der Waals surface area (Å²) in [5.74, 6) is 5.35. The molecule has 0 saturated heterocycles. The van der Waals surface area contributed by atoms with Crippen LogP contribution in [0.25, 0.3) is 0 Å². The molecule has 16 heavy (non-hydrogen) atoms. The maximum absolute atomic E-state index is 5.35. The zero-order valence-electron chi connectivity index (χ0n) is 10.1. The van der Waals surface area contributed by atoms with Crippen LogP contribution < -0.4 is 11.3 Å². The van der Waals surface area contributed by atoms with E-state index in [2.05, 4.69) is 22.2 Å². The van der Waals surface area contributed by atoms with Gasteiger partial charge in [0.1, 0.15) is 0 Å². The van der Waals surface area contributed by atoms with Crippen molar-refractivity contribution in [3.05, 3.63) is 24.0 Å². The average Bonchev–Trinajstić information content (AvgIpc) is 2.29. The molecule has 0 aliphatic carbocycles. The van der Waals surface area contributed by atoms with Gasteiger partial charge in [-0.2, -0.15) is 0 Å². The van der Waals surface area contributed by atoms with Gasteiger partial charge < -0.3 is 10.2 Å². The van der Waals surface area contributed by atoms with Crippen molar-refractivity contribution >= 4 is 5.69 Å². The third-order valence-corrected chi connectivity index (χ3v) is 2.55. The molecule has 0 bridgehead atoms. The van der Waals surface area contributed by atoms with Crippen LogP contribution in [-0.2, 0) is 11.3 Å². The maximum atomic E-state index is 5.35. The lowest BCUT2D eigenvalue weighted by atomic mass is 10.2. The number of aromatic nitrogens is 1. The van der Waals surface area contributed by atoms with Crippen LogP contribution >= 0.6 is 0 Å². The summed E-state index contributed by atoms with van der Waals surface area (Å²) in [6.07, 6.45) is 1.75. The van der Waals surface area contributed by atoms with Gasteiger partial charge in [-0.1, -0.05) is 0 Å². The Hall–Kier alpha value is -1.17. The molecule has 1 rings (SSSR count). The Labute approximate surface area is 96.6 Å². The molecule has 0 amide bonds. The third kappa shape index (κ3) is 3.77. The van der Waals surface area contributed by atoms with Gasteiger partial charge in [0.25, 0.3) is 0 Å². The molecule has 90 valence electrons. The molecule has 1 aromatic rings. The molecule has 1 unspecified atom stereocenters. The minimum absolute atomic E-state index is 0.362. The number of nitrogens with one attached hydrogen (secondary N) is 1. The lowest BCUT2D eigenvalue weighted by Crippen LogP contribution is -2.32. The SMILES string of the molecule is COCC(C)N(C)Cc1cc(NN)ccn1. The monoisotopic (exact) mass is 224 g/mol. The smallest absolute Gasteiger partial charge is 0.0615 e. The van der Waals surface area contributed by atoms with Crippen LogP contribution in [-0.4, -0.2) is 36.7 Å². The number of rotatable bonds is 6. The number of nitrogens with two attached hydrogens (primary N) is 1. The normalized spacial score (nSPS) is 12.8. The first-order valence-electron chi connectivity index (χ1n) is 5.28. The molecule has 1 atom stereocenters. The zero-order valence-corrected chi connectivity index (χ0v) is 10.1. The summed E-state index contributed by atoms with van der Waals surface area (Å²) in [5.41, 5.74) is 4.47. The van der Waals surface area contributed by atoms with Crippen LogP contribution in [0.15, 0.2) is 18.3 Å². The van der Waals surface area contributed by atoms with Crippen molar-refractivity contribution in [3.63, 3.8) is 0 Å². The number of nitrogens with zero attached hydrogens (tertiary/aromatic N) is 2. The van der Waals surface area contributed by atoms with E-state index in [0.717, 1.165) is 17.9 Å². The Bertz CT molecular complexity index is 319. The molecule has 1 aromatic heterocycles. The van der Waals surface area contributed by atoms with Crippen LogP contribution in [0.3, 0.4) is 0 Å². The van der Waals surface area contributed by atoms with E-state index in [1.54, 1.807) is 13.3 Å². The summed E-state index contributed by atoms with van der Waals surface area (Å²) in [7, 11) is 3.76. The molecule has 5 heteroatoms. The van der Waals surface area contributed by atoms with Crippen molar-refractivity contribution < 1.29 is 4.74 Å². The number of methoxy groups -OCH3 is 1. The van der Waals surface area contributed by atoms with Gasteiger partial charge in [-0.05, 0) is 26.1 Å². The highest BCUT2D eigenvalue weighted by Gasteiger charge is 2.09. The lowest BCUT2D eigenvalue weighted by molar-refractivity contribution is 0.111. The van der Waals surface area contributed by atoms with Gasteiger partial charge in [0.2, 0.25) is 0 Å². The number of hydrogen-bond donors (Lipinski definition) is 2. The molecule has 0 spiro atoms. The second-order valence-corrected chi connectivity index (χ2v) is 3.90. The molecule has 5 nitrogen and oxygen atoms in total. The third-order valence-electron chi connectivity index (χ3n) is 2.55. The molecule has 1 heterocycles. The number of nitrogen functional groups attached to an aromatic ring is 1. The van der Waals surface area contributed by atoms with Gasteiger partial charge in [-0.25, -0.2) is 0 Å². The standard InChI is InChI=1S/C11H20N4O/c1-9(8-16-3)15(2)7-11-6-10(14-12)4-5-13-11/h4-6,9H,7-8,12H2,1-3H3,(H,13,14). The zero-order chi connectivity index (χ0) is 12.0. The van der Waals surface area contributed by atoms with Gasteiger partial charge in [-0.15, -0.1) is 0 Å². The fourth-order valence-corrected chi connectivity index (χ4v) is 1.43. The van der Waals surface area contributed by atoms with E-state index in [0.29, 0.717) is 12.6 Å². The Balaban J connectivity index is 2.58. The number of anilines is 1. The summed E-state index contributed by atoms with van der Waals surface area (Å²) in [5, 5.41) is 0. The van der Waals surface area contributed by atoms with E-state index in [1.807, 2.05) is 19.2 Å². The summed E-state index contributed by atoms with van der Waals surface area (Å²) in [6, 6.07) is 4.14. The molecule has 0 fully saturated rings. The largest absolute Gasteiger partial charge is 0.383 e. The van der Waals surface area contributed by atoms with E-state index in [9.17, 15) is 0 Å². The summed E-state index contributed by atoms with van der Waals surface area (Å²) in [4.78, 5) is 6.48. The van der Waals surface area contributed by atoms with Crippen molar-refractivity contribution in [1.29, 1.82) is 0 Å². The van der Waals surface area contributed by atoms with Crippen molar-refractivity contribution in [2.24, 2.45) is 5.84 Å². The van der Waals surface area contributed by atoms with Gasteiger partial charge in [0.05, 0.1) is 18.0 Å². The fraction of sp³-hybridized carbons (Fsp3) is 0.545. The van der Waals surface area contributed by atoms with E-state index in [-0.39, 0.29) is 0 Å². The van der Waals surface area contributed by atoms with Crippen molar-refractivity contribution in [1.82, 2.24) is 9.88 Å². The van der Waals surface area contributed by atoms with Crippen LogP contribution in [0.2, 0.25) is 0 Å². The van der Waals surface area contributed by atoms with Crippen LogP contribution in [0.4, 0.5) is 5.69 Å². The van der Waals surface area contributed by atoms with Crippen LogP contribution in [0.1, 0.15) is 12.6 Å². The van der Waals surface area contributed by atoms with Crippen molar-refractivity contribution in [2.45, 2.75) is 19.5 Å². The summed E-state index contributed by atoms with van der Waals surface area (Å²) < 4.78 is 5.11. The quantitative estimate of drug-likeness (QED) is 0.553. The van der Waals surface area contributed by atoms with Crippen molar-refractivity contribution in [3.8, 4) is 0 Å². The topological polar surface area (TPSA) is 63.4 Å². The molecule has 0 aromatic carbocycles. The average molecular weight is 224 g/mol. The molecular formula is C11H20N4O. The molecule has 0 aliphatic rings. The number of pyridine rings is 1. The van der Waals surface area contributed by atoms with Crippen LogP contribution in [0.5, 0.6) is 0 Å². The Morgan fingerprint density at radius 2 is 2.38 bits per heavy atom. The van der Waals surface area contributed by atoms with Crippen molar-refractivity contribution in [2.75, 3.05) is 26.2 Å². The first-order chi connectivity index (χ1) is 7.67. The number of ether oxygens (including phenoxy) is 1. The first kappa shape index (κ1) is 12.9. The van der Waals surface area contributed by atoms with Gasteiger partial charge in [0.15, 0.2) is 0 Å². The predicted molar refractivity (Wildman–Crippen MR) is 64.9 cm³/mol. The molecule has 0 saturated carbocycles. The number of likely N-dealkylation sites (N-methyl/N-ethyl adjacent to an activating group) is 1.